The monoisotopic (exact) mass is 475 g/mol. The number of aliphatic hydroxyl groups is 1. The fourth-order valence-corrected chi connectivity index (χ4v) is 4.85. The van der Waals surface area contributed by atoms with E-state index in [0.717, 1.165) is 27.5 Å². The van der Waals surface area contributed by atoms with Gasteiger partial charge in [-0.3, -0.25) is 14.5 Å². The van der Waals surface area contributed by atoms with Gasteiger partial charge in [-0.05, 0) is 34.9 Å². The number of Topliss-reactive ketones (excluding diaryl/α,β-unsaturated/α-hetero) is 1. The summed E-state index contributed by atoms with van der Waals surface area (Å²) < 4.78 is 0. The molecule has 1 unspecified atom stereocenters. The van der Waals surface area contributed by atoms with Crippen molar-refractivity contribution in [2.45, 2.75) is 39.2 Å². The molecule has 4 heteroatoms. The van der Waals surface area contributed by atoms with Gasteiger partial charge in [0.05, 0.1) is 17.3 Å². The summed E-state index contributed by atoms with van der Waals surface area (Å²) in [6, 6.07) is 28.0. The molecule has 1 atom stereocenters. The number of ketones is 1. The molecular formula is C32H29NO3. The highest BCUT2D eigenvalue weighted by atomic mass is 16.3. The lowest BCUT2D eigenvalue weighted by Gasteiger charge is -2.27. The molecule has 0 saturated carbocycles. The van der Waals surface area contributed by atoms with Crippen LogP contribution in [0.1, 0.15) is 49.1 Å². The van der Waals surface area contributed by atoms with Crippen LogP contribution in [-0.2, 0) is 15.0 Å². The van der Waals surface area contributed by atoms with E-state index in [-0.39, 0.29) is 16.7 Å². The maximum Gasteiger partial charge on any atom is 0.300 e. The van der Waals surface area contributed by atoms with Crippen molar-refractivity contribution in [1.29, 1.82) is 0 Å². The minimum atomic E-state index is -0.758. The highest BCUT2D eigenvalue weighted by Crippen LogP contribution is 2.44. The summed E-state index contributed by atoms with van der Waals surface area (Å²) in [6.07, 6.45) is 0. The fraction of sp³-hybridized carbons (Fsp3) is 0.188. The van der Waals surface area contributed by atoms with E-state index in [1.54, 1.807) is 12.1 Å². The highest BCUT2D eigenvalue weighted by molar-refractivity contribution is 6.52. The Hall–Kier alpha value is -4.18. The summed E-state index contributed by atoms with van der Waals surface area (Å²) >= 11 is 0. The molecule has 4 aromatic carbocycles. The Morgan fingerprint density at radius 1 is 0.806 bits per heavy atom. The first-order chi connectivity index (χ1) is 17.2. The number of hydrogen-bond donors (Lipinski definition) is 1. The van der Waals surface area contributed by atoms with E-state index in [9.17, 15) is 14.7 Å². The molecule has 1 N–H and O–H groups in total. The summed E-state index contributed by atoms with van der Waals surface area (Å²) in [5, 5.41) is 13.2. The molecule has 5 rings (SSSR count). The molecule has 0 bridgehead atoms. The zero-order chi connectivity index (χ0) is 25.6. The number of aliphatic hydroxyl groups excluding tert-OH is 1. The molecule has 0 aliphatic carbocycles. The second kappa shape index (κ2) is 8.80. The van der Waals surface area contributed by atoms with E-state index in [1.807, 2.05) is 85.8 Å². The molecule has 180 valence electrons. The van der Waals surface area contributed by atoms with Gasteiger partial charge in [0.2, 0.25) is 0 Å². The van der Waals surface area contributed by atoms with Crippen LogP contribution in [0.2, 0.25) is 0 Å². The van der Waals surface area contributed by atoms with Gasteiger partial charge in [0.1, 0.15) is 5.76 Å². The average Bonchev–Trinajstić information content (AvgIpc) is 3.13. The summed E-state index contributed by atoms with van der Waals surface area (Å²) in [4.78, 5) is 28.6. The Kier molecular flexibility index (Phi) is 5.76. The fourth-order valence-electron chi connectivity index (χ4n) is 4.85. The molecule has 1 heterocycles. The lowest BCUT2D eigenvalue weighted by atomic mass is 9.85. The van der Waals surface area contributed by atoms with E-state index in [4.69, 9.17) is 0 Å². The standard InChI is InChI=1S/C32H29NO3/c1-20-12-14-23(15-13-20)29(34)27-28(22-16-18-24(19-17-22)32(2,3)4)33(31(36)30(27)35)26-11-7-9-21-8-5-6-10-25(21)26/h5-19,28,34H,1-4H3/b29-27+. The van der Waals surface area contributed by atoms with Gasteiger partial charge in [-0.2, -0.15) is 0 Å². The van der Waals surface area contributed by atoms with Crippen molar-refractivity contribution in [3.63, 3.8) is 0 Å². The van der Waals surface area contributed by atoms with E-state index < -0.39 is 17.7 Å². The Morgan fingerprint density at radius 3 is 2.11 bits per heavy atom. The molecule has 36 heavy (non-hydrogen) atoms. The average molecular weight is 476 g/mol. The molecule has 1 fully saturated rings. The van der Waals surface area contributed by atoms with Crippen molar-refractivity contribution < 1.29 is 14.7 Å². The van der Waals surface area contributed by atoms with Crippen LogP contribution in [-0.4, -0.2) is 16.8 Å². The maximum absolute atomic E-state index is 13.6. The predicted octanol–water partition coefficient (Wildman–Crippen LogP) is 7.07. The molecule has 0 radical (unpaired) electrons. The van der Waals surface area contributed by atoms with Gasteiger partial charge in [0.25, 0.3) is 11.7 Å². The van der Waals surface area contributed by atoms with Gasteiger partial charge < -0.3 is 5.11 Å². The van der Waals surface area contributed by atoms with Crippen molar-refractivity contribution in [3.8, 4) is 0 Å². The first-order valence-corrected chi connectivity index (χ1v) is 12.1. The van der Waals surface area contributed by atoms with Gasteiger partial charge in [-0.25, -0.2) is 0 Å². The summed E-state index contributed by atoms with van der Waals surface area (Å²) in [6.45, 7) is 8.38. The molecule has 0 aromatic heterocycles. The number of fused-ring (bicyclic) bond motifs is 1. The van der Waals surface area contributed by atoms with Gasteiger partial charge in [-0.1, -0.05) is 111 Å². The first kappa shape index (κ1) is 23.6. The zero-order valence-electron chi connectivity index (χ0n) is 20.9. The Labute approximate surface area is 211 Å². The van der Waals surface area contributed by atoms with Gasteiger partial charge >= 0.3 is 0 Å². The lowest BCUT2D eigenvalue weighted by molar-refractivity contribution is -0.132. The van der Waals surface area contributed by atoms with Crippen molar-refractivity contribution in [1.82, 2.24) is 0 Å². The predicted molar refractivity (Wildman–Crippen MR) is 145 cm³/mol. The number of aryl methyl sites for hydroxylation is 1. The summed E-state index contributed by atoms with van der Waals surface area (Å²) in [5.74, 6) is -1.50. The molecule has 4 aromatic rings. The van der Waals surface area contributed by atoms with Crippen molar-refractivity contribution >= 4 is 33.9 Å². The van der Waals surface area contributed by atoms with Gasteiger partial charge in [-0.15, -0.1) is 0 Å². The molecule has 4 nitrogen and oxygen atoms in total. The molecule has 1 saturated heterocycles. The first-order valence-electron chi connectivity index (χ1n) is 12.1. The van der Waals surface area contributed by atoms with E-state index in [2.05, 4.69) is 20.8 Å². The molecule has 1 aliphatic rings. The number of carbonyl (C=O) groups excluding carboxylic acids is 2. The molecule has 1 amide bonds. The van der Waals surface area contributed by atoms with Crippen LogP contribution in [0.5, 0.6) is 0 Å². The van der Waals surface area contributed by atoms with Gasteiger partial charge in [0, 0.05) is 10.9 Å². The lowest BCUT2D eigenvalue weighted by Crippen LogP contribution is -2.29. The van der Waals surface area contributed by atoms with Crippen LogP contribution in [0, 0.1) is 6.92 Å². The van der Waals surface area contributed by atoms with Crippen LogP contribution in [0.4, 0.5) is 5.69 Å². The minimum Gasteiger partial charge on any atom is -0.507 e. The van der Waals surface area contributed by atoms with Crippen LogP contribution in [0.15, 0.2) is 96.6 Å². The maximum atomic E-state index is 13.6. The Balaban J connectivity index is 1.75. The molecule has 0 spiro atoms. The number of amides is 1. The summed E-state index contributed by atoms with van der Waals surface area (Å²) in [7, 11) is 0. The topological polar surface area (TPSA) is 57.6 Å². The number of carbonyl (C=O) groups is 2. The largest absolute Gasteiger partial charge is 0.507 e. The second-order valence-corrected chi connectivity index (χ2v) is 10.4. The van der Waals surface area contributed by atoms with Gasteiger partial charge in [0.15, 0.2) is 0 Å². The normalized spacial score (nSPS) is 17.7. The van der Waals surface area contributed by atoms with E-state index in [1.165, 1.54) is 4.90 Å². The van der Waals surface area contributed by atoms with Crippen LogP contribution < -0.4 is 4.90 Å². The SMILES string of the molecule is Cc1ccc(/C(O)=C2\C(=O)C(=O)N(c3cccc4ccccc34)C2c2ccc(C(C)(C)C)cc2)cc1. The van der Waals surface area contributed by atoms with Crippen molar-refractivity contribution in [3.05, 3.63) is 119 Å². The minimum absolute atomic E-state index is 0.0438. The van der Waals surface area contributed by atoms with Crippen LogP contribution in [0.3, 0.4) is 0 Å². The third-order valence-electron chi connectivity index (χ3n) is 6.89. The second-order valence-electron chi connectivity index (χ2n) is 10.4. The third-order valence-corrected chi connectivity index (χ3v) is 6.89. The number of benzene rings is 4. The number of hydrogen-bond acceptors (Lipinski definition) is 3. The van der Waals surface area contributed by atoms with Crippen molar-refractivity contribution in [2.75, 3.05) is 4.90 Å². The Morgan fingerprint density at radius 2 is 1.44 bits per heavy atom. The van der Waals surface area contributed by atoms with Crippen LogP contribution in [0.25, 0.3) is 16.5 Å². The number of rotatable bonds is 3. The van der Waals surface area contributed by atoms with E-state index in [0.29, 0.717) is 11.3 Å². The highest BCUT2D eigenvalue weighted by Gasteiger charge is 2.47. The molecule has 1 aliphatic heterocycles. The number of anilines is 1. The molecular weight excluding hydrogens is 446 g/mol. The number of nitrogens with zero attached hydrogens (tertiary/aromatic N) is 1. The third kappa shape index (κ3) is 3.99. The quantitative estimate of drug-likeness (QED) is 0.196. The van der Waals surface area contributed by atoms with Crippen LogP contribution >= 0.6 is 0 Å². The zero-order valence-corrected chi connectivity index (χ0v) is 20.9. The smallest absolute Gasteiger partial charge is 0.300 e. The summed E-state index contributed by atoms with van der Waals surface area (Å²) in [5.41, 5.74) is 4.15. The Bertz CT molecular complexity index is 1500. The van der Waals surface area contributed by atoms with Crippen molar-refractivity contribution in [2.24, 2.45) is 0 Å². The van der Waals surface area contributed by atoms with E-state index >= 15 is 0 Å².